The molecule has 5 aliphatic heterocycles. The lowest BCUT2D eigenvalue weighted by molar-refractivity contribution is -0.186. The summed E-state index contributed by atoms with van der Waals surface area (Å²) < 4.78 is 110. The van der Waals surface area contributed by atoms with Gasteiger partial charge in [0.15, 0.2) is 11.8 Å². The number of nitrogens with two attached hydrogens (primary N) is 2. The van der Waals surface area contributed by atoms with Gasteiger partial charge in [0.1, 0.15) is 97.9 Å². The minimum absolute atomic E-state index is 0.00803. The molecule has 5 aliphatic rings. The van der Waals surface area contributed by atoms with Crippen LogP contribution >= 0.6 is 0 Å². The predicted molar refractivity (Wildman–Crippen MR) is 348 cm³/mol. The molecule has 5 saturated heterocycles. The summed E-state index contributed by atoms with van der Waals surface area (Å²) in [5, 5.41) is 47.8. The molecule has 10 heterocycles. The highest BCUT2D eigenvalue weighted by Gasteiger charge is 2.63. The van der Waals surface area contributed by atoms with Crippen molar-refractivity contribution in [1.82, 2.24) is 47.8 Å². The van der Waals surface area contributed by atoms with Crippen molar-refractivity contribution in [3.63, 3.8) is 0 Å². The Hall–Kier alpha value is -8.41. The van der Waals surface area contributed by atoms with E-state index in [-0.39, 0.29) is 41.7 Å². The number of aliphatic hydroxyl groups excluding tert-OH is 5. The van der Waals surface area contributed by atoms with Gasteiger partial charge in [-0.15, -0.1) is 0 Å². The summed E-state index contributed by atoms with van der Waals surface area (Å²) in [6.07, 6.45) is 0.582. The van der Waals surface area contributed by atoms with Gasteiger partial charge in [-0.2, -0.15) is 9.97 Å². The highest BCUT2D eigenvalue weighted by molar-refractivity contribution is 6.29. The van der Waals surface area contributed by atoms with E-state index in [0.717, 1.165) is 39.1 Å². The first-order valence-corrected chi connectivity index (χ1v) is 32.3. The van der Waals surface area contributed by atoms with Crippen molar-refractivity contribution in [2.75, 3.05) is 71.8 Å². The van der Waals surface area contributed by atoms with Gasteiger partial charge in [-0.05, 0) is 43.7 Å². The number of halogens is 5. The molecule has 0 saturated carbocycles. The maximum Gasteiger partial charge on any atom is 0.418 e. The second-order valence-electron chi connectivity index (χ2n) is 26.0. The minimum atomic E-state index is -1.74. The molecule has 0 spiro atoms. The number of H-pyrrole nitrogens is 3. The predicted octanol–water partition coefficient (Wildman–Crippen LogP) is -0.107. The van der Waals surface area contributed by atoms with Crippen LogP contribution in [-0.4, -0.2) is 191 Å². The number of esters is 2. The summed E-state index contributed by atoms with van der Waals surface area (Å²) in [6.45, 7) is 11.1. The number of nitrogen functional groups attached to an aromatic ring is 2. The summed E-state index contributed by atoms with van der Waals surface area (Å²) in [4.78, 5) is 129. The number of ether oxygens (including phenoxy) is 7. The first-order valence-electron chi connectivity index (χ1n) is 32.3. The van der Waals surface area contributed by atoms with Gasteiger partial charge in [0.25, 0.3) is 16.7 Å². The number of nitrogens with one attached hydrogen (secondary N) is 3. The molecule has 12 N–H and O–H groups in total. The zero-order valence-corrected chi connectivity index (χ0v) is 57.8. The van der Waals surface area contributed by atoms with Gasteiger partial charge in [-0.25, -0.2) is 55.5 Å². The molecule has 10 rings (SSSR count). The van der Waals surface area contributed by atoms with Crippen molar-refractivity contribution in [1.29, 1.82) is 0 Å². The van der Waals surface area contributed by atoms with Crippen molar-refractivity contribution in [2.24, 2.45) is 41.4 Å². The number of carbonyl (C=O) groups excluding carboxylic acids is 2. The van der Waals surface area contributed by atoms with E-state index >= 15 is 0 Å². The zero-order valence-electron chi connectivity index (χ0n) is 57.8. The first-order chi connectivity index (χ1) is 47.9. The maximum atomic E-state index is 13.9. The van der Waals surface area contributed by atoms with Crippen LogP contribution in [0.25, 0.3) is 0 Å². The highest BCUT2D eigenvalue weighted by atomic mass is 19.1. The van der Waals surface area contributed by atoms with Crippen LogP contribution in [0.2, 0.25) is 0 Å². The number of alkyl halides is 5. The fourth-order valence-electron chi connectivity index (χ4n) is 13.0. The number of hydrogen-bond acceptors (Lipinski definition) is 26. The molecule has 0 amide bonds. The van der Waals surface area contributed by atoms with Crippen LogP contribution in [0.5, 0.6) is 0 Å². The Labute approximate surface area is 576 Å². The molecule has 5 aromatic heterocycles. The van der Waals surface area contributed by atoms with E-state index in [4.69, 9.17) is 39.9 Å². The Morgan fingerprint density at radius 1 is 0.490 bits per heavy atom. The number of aromatic nitrogens is 10. The lowest BCUT2D eigenvalue weighted by atomic mass is 9.78. The van der Waals surface area contributed by atoms with Gasteiger partial charge in [0.05, 0.1) is 39.1 Å². The molecule has 102 heavy (non-hydrogen) atoms. The normalized spacial score (nSPS) is 33.7. The fourth-order valence-corrected chi connectivity index (χ4v) is 13.0. The van der Waals surface area contributed by atoms with Crippen molar-refractivity contribution < 1.29 is 90.2 Å². The lowest BCUT2D eigenvalue weighted by Gasteiger charge is -2.34. The van der Waals surface area contributed by atoms with Crippen LogP contribution in [0.1, 0.15) is 113 Å². The Bertz CT molecular complexity index is 3990. The molecule has 5 aromatic rings. The molecular formula is C63H89F5N12O22. The van der Waals surface area contributed by atoms with Gasteiger partial charge in [0.2, 0.25) is 0 Å². The monoisotopic (exact) mass is 1460 g/mol. The summed E-state index contributed by atoms with van der Waals surface area (Å²) in [5.41, 5.74) is -2.56. The maximum absolute atomic E-state index is 13.9. The summed E-state index contributed by atoms with van der Waals surface area (Å²) >= 11 is 0. The standard InChI is InChI=1S/C16H21FN2O7.C13H19FN2O3.C12H18FN3O3.C11H16FN3O4.C11H15FN2O5/c1-5-16(8-17)9(2)15(3,25-12(22)11(21)24-4)13(26-16)19-7-6-10(20)18-14(19)23;1-4-13(7-14)9(3)8(2)11(19-13)16-6-5-10(17)15-12(16)18;1-7-8(2)12(5-13,6-17)19-10(7)16-4-3-9(14)15-11(16)18;1-6-8(17)11(4-12,5-16)19-9(6)15-3-2-7(13)14-10(15)18;1-6-8(17)11(4-12,5-15)19-9(6)14-3-2-7(16)13-10(14)18/h6-7,9,13H,5,8H2,1-4H3,(H,18,20,23);5-6,8-9,11H,4,7H2,1-3H3,(H,15,17,18);3-4,7-8,10,17H,5-6H2,1-2H3,(H2,14,15,18);2-3,6,8-9,16-17H,4-5H2,1H3,(H2,13,14,18);2-3,6,8-9,15,17H,4-5H2,1H3,(H,13,16,18)/t9-,13+,15+,16-;8-,9-,11+,13-;7-,8-,10+,12+;2*6-,8-,9+,11+/m00000/s1. The van der Waals surface area contributed by atoms with Gasteiger partial charge in [-0.1, -0.05) is 62.3 Å². The number of rotatable bonds is 16. The van der Waals surface area contributed by atoms with Crippen LogP contribution in [0.4, 0.5) is 33.6 Å². The van der Waals surface area contributed by atoms with Crippen LogP contribution in [-0.2, 0) is 42.7 Å². The number of nitrogens with zero attached hydrogens (tertiary/aromatic N) is 7. The fraction of sp³-hybridized carbons (Fsp3) is 0.651. The largest absolute Gasteiger partial charge is 0.461 e. The molecule has 0 radical (unpaired) electrons. The third-order valence-electron chi connectivity index (χ3n) is 20.4. The molecule has 0 aliphatic carbocycles. The van der Waals surface area contributed by atoms with Gasteiger partial charge >= 0.3 is 40.4 Å². The Balaban J connectivity index is 0.000000202. The first kappa shape index (κ1) is 82.5. The molecule has 5 fully saturated rings. The summed E-state index contributed by atoms with van der Waals surface area (Å²) in [7, 11) is 1.02. The van der Waals surface area contributed by atoms with E-state index in [1.165, 1.54) is 59.0 Å². The molecule has 34 nitrogen and oxygen atoms in total. The smallest absolute Gasteiger partial charge is 0.418 e. The van der Waals surface area contributed by atoms with Gasteiger partial charge in [0, 0.05) is 78.8 Å². The summed E-state index contributed by atoms with van der Waals surface area (Å²) in [6, 6.07) is 6.36. The van der Waals surface area contributed by atoms with E-state index in [2.05, 4.69) is 24.7 Å². The molecule has 0 aromatic carbocycles. The highest BCUT2D eigenvalue weighted by Crippen LogP contribution is 2.53. The Morgan fingerprint density at radius 3 is 1.13 bits per heavy atom. The zero-order chi connectivity index (χ0) is 76.5. The number of aliphatic hydroxyl groups is 5. The lowest BCUT2D eigenvalue weighted by Crippen LogP contribution is -2.49. The second kappa shape index (κ2) is 33.4. The summed E-state index contributed by atoms with van der Waals surface area (Å²) in [5.74, 6) is -4.64. The molecule has 568 valence electrons. The topological polar surface area (TPSA) is 486 Å². The van der Waals surface area contributed by atoms with Crippen LogP contribution in [0.3, 0.4) is 0 Å². The number of methoxy groups -OCH3 is 1. The van der Waals surface area contributed by atoms with Gasteiger partial charge in [-0.3, -0.25) is 52.2 Å². The third-order valence-corrected chi connectivity index (χ3v) is 20.4. The van der Waals surface area contributed by atoms with E-state index in [1.54, 1.807) is 34.6 Å². The van der Waals surface area contributed by atoms with Crippen molar-refractivity contribution in [3.05, 3.63) is 145 Å². The second-order valence-corrected chi connectivity index (χ2v) is 26.0. The average molecular weight is 1460 g/mol. The third kappa shape index (κ3) is 16.0. The molecule has 0 unspecified atom stereocenters. The Morgan fingerprint density at radius 2 is 0.814 bits per heavy atom. The van der Waals surface area contributed by atoms with E-state index in [9.17, 15) is 95.4 Å². The van der Waals surface area contributed by atoms with E-state index in [0.29, 0.717) is 6.42 Å². The quantitative estimate of drug-likeness (QED) is 0.0350. The molecular weight excluding hydrogens is 1370 g/mol. The molecule has 20 atom stereocenters. The van der Waals surface area contributed by atoms with Crippen LogP contribution in [0.15, 0.2) is 99.7 Å². The number of carbonyl (C=O) groups is 2. The van der Waals surface area contributed by atoms with Crippen LogP contribution in [0, 0.1) is 41.4 Å². The van der Waals surface area contributed by atoms with Crippen molar-refractivity contribution >= 4 is 23.6 Å². The van der Waals surface area contributed by atoms with E-state index < -0.39 is 205 Å². The van der Waals surface area contributed by atoms with Gasteiger partial charge < -0.3 is 70.2 Å². The van der Waals surface area contributed by atoms with Crippen molar-refractivity contribution in [2.45, 2.75) is 159 Å². The van der Waals surface area contributed by atoms with E-state index in [1.807, 2.05) is 32.7 Å². The average Bonchev–Trinajstić information content (AvgIpc) is 1.58. The number of hydrogen-bond donors (Lipinski definition) is 10. The Kier molecular flexibility index (Phi) is 27.0. The molecule has 39 heteroatoms. The van der Waals surface area contributed by atoms with Crippen molar-refractivity contribution in [3.8, 4) is 0 Å². The number of aromatic amines is 3. The number of anilines is 2. The minimum Gasteiger partial charge on any atom is -0.461 e. The van der Waals surface area contributed by atoms with Crippen LogP contribution < -0.4 is 56.6 Å². The SMILES string of the molecule is CC[C@@]1(CF)O[C@@H](n2ccc(=O)[nH]c2=O)[C@@H](C)[C@@H]1C.CC[C@@]1(CF)O[C@@H](n2ccc(=O)[nH]c2=O)[C@](C)(OC(=O)C(=O)OC)[C@@H]1C.C[C@@H]1[C@H](n2ccc(=O)[nH]c2=O)O[C@@](CO)(CF)[C@H]1O.C[C@@H]1[C@H](n2ccc(N)nc2=O)O[C@@](CO)(CF)[C@H]1C.C[C@@H]1[C@H](n2ccc(N)nc2=O)O[C@@](CO)(CF)[C@H]1O. The molecule has 0 bridgehead atoms.